The number of carbonyl (C=O) groups is 3. The summed E-state index contributed by atoms with van der Waals surface area (Å²) in [4.78, 5) is 37.4. The van der Waals surface area contributed by atoms with Crippen LogP contribution in [0.25, 0.3) is 0 Å². The molecule has 0 spiro atoms. The molecule has 170 valence electrons. The predicted octanol–water partition coefficient (Wildman–Crippen LogP) is 1.04. The molecular weight excluding hydrogens is 424 g/mol. The zero-order valence-corrected chi connectivity index (χ0v) is 18.4. The summed E-state index contributed by atoms with van der Waals surface area (Å²) in [7, 11) is 1.43. The molecule has 2 atom stereocenters. The van der Waals surface area contributed by atoms with Gasteiger partial charge in [-0.1, -0.05) is 6.08 Å². The first-order valence-electron chi connectivity index (χ1n) is 9.78. The van der Waals surface area contributed by atoms with Gasteiger partial charge in [-0.2, -0.15) is 11.8 Å². The number of ether oxygens (including phenoxy) is 2. The number of carbonyl (C=O) groups excluding carboxylic acids is 3. The third kappa shape index (κ3) is 6.63. The van der Waals surface area contributed by atoms with Crippen LogP contribution in [0.3, 0.4) is 0 Å². The molecule has 0 saturated carbocycles. The molecule has 31 heavy (non-hydrogen) atoms. The van der Waals surface area contributed by atoms with Crippen LogP contribution < -0.4 is 15.4 Å². The summed E-state index contributed by atoms with van der Waals surface area (Å²) >= 11 is 1.27. The van der Waals surface area contributed by atoms with Gasteiger partial charge in [0.05, 0.1) is 18.8 Å². The molecule has 1 aromatic rings. The van der Waals surface area contributed by atoms with Crippen LogP contribution in [0.5, 0.6) is 11.5 Å². The Morgan fingerprint density at radius 1 is 1.48 bits per heavy atom. The van der Waals surface area contributed by atoms with Crippen molar-refractivity contribution < 1.29 is 34.1 Å². The minimum atomic E-state index is -1.05. The Kier molecular flexibility index (Phi) is 9.20. The standard InChI is InChI=1S/C21H28N2O7S/c1-4-7-22-20(27)15-11-31-10-14-16(25)8-17(29-3)12(2)19(14)21(28)30-9-13(24)5-6-18(26)23-15/h4,8,13,15,24-25H,1,5-7,9-11H2,2-3H3,(H,22,27)(H,23,26)/t13-,15+/m1/s1. The number of rotatable bonds is 4. The lowest BCUT2D eigenvalue weighted by atomic mass is 10.0. The van der Waals surface area contributed by atoms with Gasteiger partial charge in [-0.05, 0) is 13.3 Å². The van der Waals surface area contributed by atoms with Crippen LogP contribution >= 0.6 is 11.8 Å². The van der Waals surface area contributed by atoms with Crippen molar-refractivity contribution in [1.82, 2.24) is 10.6 Å². The number of aromatic hydroxyl groups is 1. The van der Waals surface area contributed by atoms with Crippen LogP contribution in [0.2, 0.25) is 0 Å². The molecule has 1 aliphatic heterocycles. The van der Waals surface area contributed by atoms with Gasteiger partial charge in [-0.3, -0.25) is 9.59 Å². The van der Waals surface area contributed by atoms with Gasteiger partial charge >= 0.3 is 5.97 Å². The van der Waals surface area contributed by atoms with E-state index in [1.807, 2.05) is 0 Å². The van der Waals surface area contributed by atoms with Crippen LogP contribution in [0, 0.1) is 6.92 Å². The molecule has 1 heterocycles. The van der Waals surface area contributed by atoms with Gasteiger partial charge in [0, 0.05) is 41.7 Å². The molecule has 4 N–H and O–H groups in total. The monoisotopic (exact) mass is 452 g/mol. The zero-order valence-electron chi connectivity index (χ0n) is 17.6. The Balaban J connectivity index is 2.36. The molecule has 0 aromatic heterocycles. The lowest BCUT2D eigenvalue weighted by molar-refractivity contribution is -0.128. The molecule has 0 bridgehead atoms. The van der Waals surface area contributed by atoms with Gasteiger partial charge in [0.15, 0.2) is 0 Å². The summed E-state index contributed by atoms with van der Waals surface area (Å²) in [6.07, 6.45) is 0.506. The molecule has 2 amide bonds. The van der Waals surface area contributed by atoms with Crippen molar-refractivity contribution in [3.8, 4) is 11.5 Å². The number of hydrogen-bond acceptors (Lipinski definition) is 8. The quantitative estimate of drug-likeness (QED) is 0.393. The van der Waals surface area contributed by atoms with E-state index in [1.54, 1.807) is 6.92 Å². The number of cyclic esters (lactones) is 1. The minimum absolute atomic E-state index is 0.0289. The number of thioether (sulfide) groups is 1. The Hall–Kier alpha value is -2.72. The SMILES string of the molecule is C=CCNC(=O)[C@@H]1CSCc2c(O)cc(OC)c(C)c2C(=O)OC[C@H](O)CCC(=O)N1. The van der Waals surface area contributed by atoms with Crippen molar-refractivity contribution in [2.75, 3.05) is 26.0 Å². The summed E-state index contributed by atoms with van der Waals surface area (Å²) in [5.74, 6) is -0.905. The van der Waals surface area contributed by atoms with Crippen molar-refractivity contribution in [3.63, 3.8) is 0 Å². The van der Waals surface area contributed by atoms with Crippen LogP contribution in [0.4, 0.5) is 0 Å². The number of aliphatic hydroxyl groups excluding tert-OH is 1. The molecule has 0 fully saturated rings. The van der Waals surface area contributed by atoms with Gasteiger partial charge in [0.2, 0.25) is 11.8 Å². The number of benzene rings is 1. The first kappa shape index (κ1) is 24.5. The van der Waals surface area contributed by atoms with Crippen molar-refractivity contribution in [2.45, 2.75) is 37.7 Å². The Bertz CT molecular complexity index is 844. The Morgan fingerprint density at radius 2 is 2.23 bits per heavy atom. The molecule has 0 saturated heterocycles. The van der Waals surface area contributed by atoms with Crippen molar-refractivity contribution in [1.29, 1.82) is 0 Å². The molecule has 9 nitrogen and oxygen atoms in total. The second kappa shape index (κ2) is 11.6. The summed E-state index contributed by atoms with van der Waals surface area (Å²) in [6.45, 7) is 5.17. The minimum Gasteiger partial charge on any atom is -0.507 e. The van der Waals surface area contributed by atoms with E-state index in [-0.39, 0.29) is 54.7 Å². The largest absolute Gasteiger partial charge is 0.507 e. The summed E-state index contributed by atoms with van der Waals surface area (Å²) in [5, 5.41) is 25.9. The smallest absolute Gasteiger partial charge is 0.339 e. The van der Waals surface area contributed by atoms with E-state index < -0.39 is 24.0 Å². The number of amides is 2. The van der Waals surface area contributed by atoms with Crippen molar-refractivity contribution in [2.24, 2.45) is 0 Å². The molecule has 0 unspecified atom stereocenters. The third-order valence-electron chi connectivity index (χ3n) is 4.76. The van der Waals surface area contributed by atoms with E-state index >= 15 is 0 Å². The molecule has 1 aliphatic rings. The van der Waals surface area contributed by atoms with E-state index in [0.29, 0.717) is 16.9 Å². The van der Waals surface area contributed by atoms with Gasteiger partial charge < -0.3 is 30.3 Å². The third-order valence-corrected chi connectivity index (χ3v) is 5.82. The number of fused-ring (bicyclic) bond motifs is 1. The molecule has 2 rings (SSSR count). The predicted molar refractivity (Wildman–Crippen MR) is 116 cm³/mol. The van der Waals surface area contributed by atoms with Gasteiger partial charge in [-0.25, -0.2) is 4.79 Å². The van der Waals surface area contributed by atoms with Crippen LogP contribution in [-0.4, -0.2) is 66.2 Å². The van der Waals surface area contributed by atoms with Crippen molar-refractivity contribution in [3.05, 3.63) is 35.4 Å². The van der Waals surface area contributed by atoms with E-state index in [1.165, 1.54) is 31.0 Å². The van der Waals surface area contributed by atoms with Crippen LogP contribution in [0.15, 0.2) is 18.7 Å². The highest BCUT2D eigenvalue weighted by Gasteiger charge is 2.26. The second-order valence-corrected chi connectivity index (χ2v) is 8.07. The van der Waals surface area contributed by atoms with Gasteiger partial charge in [-0.15, -0.1) is 6.58 Å². The lowest BCUT2D eigenvalue weighted by Gasteiger charge is -2.21. The number of methoxy groups -OCH3 is 1. The van der Waals surface area contributed by atoms with Crippen LogP contribution in [0.1, 0.15) is 34.3 Å². The number of esters is 1. The zero-order chi connectivity index (χ0) is 23.0. The first-order chi connectivity index (χ1) is 14.8. The Morgan fingerprint density at radius 3 is 2.90 bits per heavy atom. The topological polar surface area (TPSA) is 134 Å². The number of phenolic OH excluding ortho intramolecular Hbond substituents is 1. The maximum Gasteiger partial charge on any atom is 0.339 e. The first-order valence-corrected chi connectivity index (χ1v) is 10.9. The summed E-state index contributed by atoms with van der Waals surface area (Å²) < 4.78 is 10.5. The fraction of sp³-hybridized carbons (Fsp3) is 0.476. The van der Waals surface area contributed by atoms with Gasteiger partial charge in [0.1, 0.15) is 24.1 Å². The number of phenols is 1. The molecule has 1 aromatic carbocycles. The van der Waals surface area contributed by atoms with E-state index in [0.717, 1.165) is 0 Å². The van der Waals surface area contributed by atoms with E-state index in [9.17, 15) is 24.6 Å². The number of hydrogen-bond donors (Lipinski definition) is 4. The number of aliphatic hydroxyl groups is 1. The normalized spacial score (nSPS) is 20.5. The summed E-state index contributed by atoms with van der Waals surface area (Å²) in [5.41, 5.74) is 0.984. The fourth-order valence-corrected chi connectivity index (χ4v) is 4.17. The lowest BCUT2D eigenvalue weighted by Crippen LogP contribution is -2.48. The van der Waals surface area contributed by atoms with Crippen molar-refractivity contribution >= 4 is 29.5 Å². The highest BCUT2D eigenvalue weighted by molar-refractivity contribution is 7.98. The molecule has 0 radical (unpaired) electrons. The molecule has 0 aliphatic carbocycles. The maximum absolute atomic E-state index is 12.8. The van der Waals surface area contributed by atoms with Crippen LogP contribution in [-0.2, 0) is 20.1 Å². The van der Waals surface area contributed by atoms with E-state index in [4.69, 9.17) is 9.47 Å². The van der Waals surface area contributed by atoms with Gasteiger partial charge in [0.25, 0.3) is 0 Å². The highest BCUT2D eigenvalue weighted by Crippen LogP contribution is 2.35. The Labute approximate surface area is 185 Å². The number of nitrogens with one attached hydrogen (secondary N) is 2. The second-order valence-electron chi connectivity index (χ2n) is 7.04. The van der Waals surface area contributed by atoms with E-state index in [2.05, 4.69) is 17.2 Å². The maximum atomic E-state index is 12.8. The average Bonchev–Trinajstić information content (AvgIpc) is 2.74. The summed E-state index contributed by atoms with van der Waals surface area (Å²) in [6, 6.07) is 0.588. The fourth-order valence-electron chi connectivity index (χ4n) is 3.08. The highest BCUT2D eigenvalue weighted by atomic mass is 32.2. The average molecular weight is 453 g/mol. The molecule has 10 heteroatoms. The molecular formula is C21H28N2O7S.